The average molecular weight is 589 g/mol. The predicted octanol–water partition coefficient (Wildman–Crippen LogP) is 5.36. The van der Waals surface area contributed by atoms with Gasteiger partial charge in [0.1, 0.15) is 5.69 Å². The number of carboxylic acids is 1. The van der Waals surface area contributed by atoms with Crippen LogP contribution in [0, 0.1) is 6.92 Å². The molecule has 2 amide bonds. The maximum absolute atomic E-state index is 14.1. The molecule has 2 aliphatic rings. The molecule has 0 saturated carbocycles. The molecule has 0 aliphatic carbocycles. The molecular weight excluding hydrogens is 556 g/mol. The Kier molecular flexibility index (Phi) is 7.71. The number of benzene rings is 3. The zero-order valence-corrected chi connectivity index (χ0v) is 24.2. The topological polar surface area (TPSA) is 135 Å². The first kappa shape index (κ1) is 28.8. The lowest BCUT2D eigenvalue weighted by molar-refractivity contribution is -0.120. The van der Waals surface area contributed by atoms with Crippen molar-refractivity contribution in [3.8, 4) is 11.1 Å². The summed E-state index contributed by atoms with van der Waals surface area (Å²) in [6, 6.07) is 24.0. The largest absolute Gasteiger partial charge is 0.477 e. The van der Waals surface area contributed by atoms with Crippen LogP contribution in [0.2, 0.25) is 0 Å². The van der Waals surface area contributed by atoms with Crippen LogP contribution >= 0.6 is 0 Å². The fourth-order valence-corrected chi connectivity index (χ4v) is 6.36. The summed E-state index contributed by atoms with van der Waals surface area (Å²) in [7, 11) is 0. The Morgan fingerprint density at radius 3 is 2.25 bits per heavy atom. The summed E-state index contributed by atoms with van der Waals surface area (Å²) in [5.74, 6) is -2.60. The van der Waals surface area contributed by atoms with Gasteiger partial charge in [-0.2, -0.15) is 0 Å². The van der Waals surface area contributed by atoms with E-state index in [1.54, 1.807) is 43.3 Å². The van der Waals surface area contributed by atoms with Crippen LogP contribution < -0.4 is 11.1 Å². The van der Waals surface area contributed by atoms with Crippen LogP contribution in [-0.2, 0) is 9.59 Å². The molecule has 1 saturated heterocycles. The number of aromatic carboxylic acids is 1. The number of nitrogens with one attached hydrogen (secondary N) is 1. The van der Waals surface area contributed by atoms with E-state index < -0.39 is 18.0 Å². The van der Waals surface area contributed by atoms with E-state index in [1.165, 1.54) is 4.57 Å². The van der Waals surface area contributed by atoms with Crippen LogP contribution in [-0.4, -0.2) is 51.2 Å². The number of primary amides is 1. The second-order valence-electron chi connectivity index (χ2n) is 11.1. The lowest BCUT2D eigenvalue weighted by Gasteiger charge is -2.30. The SMILES string of the molecule is Cc1c(C(=O)c2ccccc2)c(C=C2C(=O)Nc3cc(-c4ccccc4)ccc32)n(C(CC(N)=O)N2CCCC2)c1C(=O)O. The van der Waals surface area contributed by atoms with Gasteiger partial charge in [0.25, 0.3) is 5.91 Å². The summed E-state index contributed by atoms with van der Waals surface area (Å²) in [6.07, 6.45) is 2.43. The van der Waals surface area contributed by atoms with Crippen molar-refractivity contribution in [2.75, 3.05) is 18.4 Å². The van der Waals surface area contributed by atoms with Crippen molar-refractivity contribution in [3.05, 3.63) is 113 Å². The molecule has 4 N–H and O–H groups in total. The second kappa shape index (κ2) is 11.8. The van der Waals surface area contributed by atoms with Crippen molar-refractivity contribution in [2.24, 2.45) is 5.73 Å². The molecule has 1 atom stereocenters. The van der Waals surface area contributed by atoms with Crippen molar-refractivity contribution in [3.63, 3.8) is 0 Å². The zero-order chi connectivity index (χ0) is 31.0. The maximum Gasteiger partial charge on any atom is 0.352 e. The third-order valence-corrected chi connectivity index (χ3v) is 8.39. The summed E-state index contributed by atoms with van der Waals surface area (Å²) in [5.41, 5.74) is 10.1. The molecule has 1 fully saturated rings. The van der Waals surface area contributed by atoms with Crippen LogP contribution in [0.1, 0.15) is 68.7 Å². The average Bonchev–Trinajstić information content (AvgIpc) is 3.73. The van der Waals surface area contributed by atoms with Gasteiger partial charge in [-0.25, -0.2) is 4.79 Å². The lowest BCUT2D eigenvalue weighted by atomic mass is 9.96. The molecule has 0 spiro atoms. The van der Waals surface area contributed by atoms with Gasteiger partial charge in [0.2, 0.25) is 5.91 Å². The molecular formula is C35H32N4O5. The van der Waals surface area contributed by atoms with E-state index in [2.05, 4.69) is 5.32 Å². The summed E-state index contributed by atoms with van der Waals surface area (Å²) in [4.78, 5) is 54.9. The van der Waals surface area contributed by atoms with Crippen molar-refractivity contribution in [2.45, 2.75) is 32.4 Å². The monoisotopic (exact) mass is 588 g/mol. The highest BCUT2D eigenvalue weighted by molar-refractivity contribution is 6.35. The van der Waals surface area contributed by atoms with E-state index in [0.29, 0.717) is 29.9 Å². The van der Waals surface area contributed by atoms with Crippen LogP contribution in [0.3, 0.4) is 0 Å². The summed E-state index contributed by atoms with van der Waals surface area (Å²) in [5, 5.41) is 13.4. The molecule has 1 aromatic heterocycles. The van der Waals surface area contributed by atoms with Gasteiger partial charge in [-0.15, -0.1) is 0 Å². The van der Waals surface area contributed by atoms with Crippen LogP contribution in [0.15, 0.2) is 78.9 Å². The number of nitrogens with two attached hydrogens (primary N) is 1. The van der Waals surface area contributed by atoms with Crippen molar-refractivity contribution in [1.29, 1.82) is 0 Å². The molecule has 9 heteroatoms. The van der Waals surface area contributed by atoms with E-state index in [0.717, 1.165) is 24.0 Å². The Hall–Kier alpha value is -5.28. The van der Waals surface area contributed by atoms with E-state index in [9.17, 15) is 24.3 Å². The predicted molar refractivity (Wildman–Crippen MR) is 168 cm³/mol. The highest BCUT2D eigenvalue weighted by Crippen LogP contribution is 2.40. The number of carboxylic acid groups (broad SMARTS) is 1. The summed E-state index contributed by atoms with van der Waals surface area (Å²) in [6.45, 7) is 2.87. The number of rotatable bonds is 9. The number of carbonyl (C=O) groups excluding carboxylic acids is 3. The van der Waals surface area contributed by atoms with Gasteiger partial charge >= 0.3 is 5.97 Å². The molecule has 3 aromatic carbocycles. The standard InChI is InChI=1S/C35H32N4O5/c1-21-31(33(41)23-12-6-3-7-13-23)28(39(32(21)35(43)44)30(20-29(36)40)38-16-8-9-17-38)19-26-25-15-14-24(18-27(25)37-34(26)42)22-10-4-2-5-11-22/h2-7,10-15,18-19,30H,8-9,16-17,20H2,1H3,(H2,36,40)(H,37,42)(H,43,44). The number of carbonyl (C=O) groups is 4. The van der Waals surface area contributed by atoms with Crippen LogP contribution in [0.25, 0.3) is 22.8 Å². The van der Waals surface area contributed by atoms with Gasteiger partial charge in [0, 0.05) is 29.9 Å². The van der Waals surface area contributed by atoms with Gasteiger partial charge < -0.3 is 20.7 Å². The molecule has 9 nitrogen and oxygen atoms in total. The lowest BCUT2D eigenvalue weighted by Crippen LogP contribution is -2.36. The van der Waals surface area contributed by atoms with Gasteiger partial charge in [0.15, 0.2) is 5.78 Å². The fraction of sp³-hybridized carbons (Fsp3) is 0.200. The fourth-order valence-electron chi connectivity index (χ4n) is 6.36. The molecule has 2 aliphatic heterocycles. The van der Waals surface area contributed by atoms with Gasteiger partial charge in [-0.1, -0.05) is 72.8 Å². The quantitative estimate of drug-likeness (QED) is 0.178. The third kappa shape index (κ3) is 5.22. The first-order chi connectivity index (χ1) is 21.2. The minimum absolute atomic E-state index is 0.118. The number of aromatic nitrogens is 1. The third-order valence-electron chi connectivity index (χ3n) is 8.39. The molecule has 0 bridgehead atoms. The zero-order valence-electron chi connectivity index (χ0n) is 24.2. The normalized spacial score (nSPS) is 16.1. The second-order valence-corrected chi connectivity index (χ2v) is 11.1. The molecule has 222 valence electrons. The smallest absolute Gasteiger partial charge is 0.352 e. The molecule has 0 radical (unpaired) electrons. The van der Waals surface area contributed by atoms with Crippen molar-refractivity contribution < 1.29 is 24.3 Å². The van der Waals surface area contributed by atoms with Gasteiger partial charge in [-0.3, -0.25) is 19.3 Å². The summed E-state index contributed by atoms with van der Waals surface area (Å²) >= 11 is 0. The highest BCUT2D eigenvalue weighted by atomic mass is 16.4. The van der Waals surface area contributed by atoms with Crippen molar-refractivity contribution >= 4 is 40.9 Å². The number of fused-ring (bicyclic) bond motifs is 1. The minimum Gasteiger partial charge on any atom is -0.477 e. The van der Waals surface area contributed by atoms with E-state index in [4.69, 9.17) is 5.73 Å². The number of nitrogens with zero attached hydrogens (tertiary/aromatic N) is 2. The van der Waals surface area contributed by atoms with Crippen LogP contribution in [0.4, 0.5) is 5.69 Å². The van der Waals surface area contributed by atoms with Crippen LogP contribution in [0.5, 0.6) is 0 Å². The highest BCUT2D eigenvalue weighted by Gasteiger charge is 2.36. The summed E-state index contributed by atoms with van der Waals surface area (Å²) < 4.78 is 1.53. The van der Waals surface area contributed by atoms with E-state index in [1.807, 2.05) is 53.4 Å². The Balaban J connectivity index is 1.60. The maximum atomic E-state index is 14.1. The Labute approximate surface area is 254 Å². The molecule has 1 unspecified atom stereocenters. The number of hydrogen-bond acceptors (Lipinski definition) is 5. The van der Waals surface area contributed by atoms with Gasteiger partial charge in [0.05, 0.1) is 29.4 Å². The Bertz CT molecular complexity index is 1820. The number of likely N-dealkylation sites (tertiary alicyclic amines) is 1. The molecule has 3 heterocycles. The van der Waals surface area contributed by atoms with E-state index >= 15 is 0 Å². The number of ketones is 1. The molecule has 6 rings (SSSR count). The van der Waals surface area contributed by atoms with Crippen molar-refractivity contribution in [1.82, 2.24) is 9.47 Å². The minimum atomic E-state index is -1.24. The Morgan fingerprint density at radius 2 is 1.61 bits per heavy atom. The van der Waals surface area contributed by atoms with E-state index in [-0.39, 0.29) is 46.2 Å². The number of amides is 2. The Morgan fingerprint density at radius 1 is 0.955 bits per heavy atom. The number of anilines is 1. The first-order valence-corrected chi connectivity index (χ1v) is 14.6. The number of hydrogen-bond donors (Lipinski definition) is 3. The molecule has 44 heavy (non-hydrogen) atoms. The molecule has 4 aromatic rings. The first-order valence-electron chi connectivity index (χ1n) is 14.6. The van der Waals surface area contributed by atoms with Gasteiger partial charge in [-0.05, 0) is 48.6 Å².